The molecule has 0 spiro atoms. The van der Waals surface area contributed by atoms with Gasteiger partial charge in [-0.05, 0) is 13.3 Å². The van der Waals surface area contributed by atoms with Crippen LogP contribution < -0.4 is 5.32 Å². The summed E-state index contributed by atoms with van der Waals surface area (Å²) in [4.78, 5) is 11.4. The molecule has 1 aromatic rings. The van der Waals surface area contributed by atoms with E-state index < -0.39 is 5.60 Å². The summed E-state index contributed by atoms with van der Waals surface area (Å²) >= 11 is 0.984. The van der Waals surface area contributed by atoms with Crippen molar-refractivity contribution < 1.29 is 9.90 Å². The van der Waals surface area contributed by atoms with Crippen LogP contribution in [0.4, 0.5) is 0 Å². The highest BCUT2D eigenvalue weighted by Gasteiger charge is 2.19. The predicted molar refractivity (Wildman–Crippen MR) is 53.2 cm³/mol. The van der Waals surface area contributed by atoms with Gasteiger partial charge in [-0.1, -0.05) is 6.92 Å². The van der Waals surface area contributed by atoms with Crippen molar-refractivity contribution in [1.29, 1.82) is 0 Å². The van der Waals surface area contributed by atoms with Crippen LogP contribution in [0.5, 0.6) is 0 Å². The van der Waals surface area contributed by atoms with Crippen molar-refractivity contribution in [2.24, 2.45) is 0 Å². The molecule has 1 heterocycles. The summed E-state index contributed by atoms with van der Waals surface area (Å²) in [5.74, 6) is -0.299. The van der Waals surface area contributed by atoms with Crippen LogP contribution in [0.2, 0.25) is 0 Å². The zero-order valence-electron chi connectivity index (χ0n) is 8.15. The number of nitrogens with one attached hydrogen (secondary N) is 1. The predicted octanol–water partition coefficient (Wildman–Crippen LogP) is 0.429. The molecule has 2 N–H and O–H groups in total. The lowest BCUT2D eigenvalue weighted by Crippen LogP contribution is -2.40. The minimum Gasteiger partial charge on any atom is -0.388 e. The van der Waals surface area contributed by atoms with Crippen molar-refractivity contribution in [1.82, 2.24) is 14.1 Å². The van der Waals surface area contributed by atoms with E-state index in [1.165, 1.54) is 6.20 Å². The van der Waals surface area contributed by atoms with E-state index in [2.05, 4.69) is 14.1 Å². The highest BCUT2D eigenvalue weighted by Crippen LogP contribution is 2.06. The third-order valence-electron chi connectivity index (χ3n) is 1.99. The van der Waals surface area contributed by atoms with Gasteiger partial charge in [0.2, 0.25) is 0 Å². The normalized spacial score (nSPS) is 14.8. The van der Waals surface area contributed by atoms with E-state index in [0.717, 1.165) is 11.7 Å². The Hall–Kier alpha value is -1.01. The van der Waals surface area contributed by atoms with Crippen LogP contribution in [0.25, 0.3) is 0 Å². The number of hydrogen-bond acceptors (Lipinski definition) is 5. The summed E-state index contributed by atoms with van der Waals surface area (Å²) in [6.07, 6.45) is 1.99. The SMILES string of the molecule is CCC(C)(O)CNC(=O)c1cnsn1. The topological polar surface area (TPSA) is 75.1 Å². The van der Waals surface area contributed by atoms with Gasteiger partial charge in [-0.15, -0.1) is 0 Å². The van der Waals surface area contributed by atoms with E-state index in [9.17, 15) is 9.90 Å². The maximum atomic E-state index is 11.4. The molecule has 0 fully saturated rings. The van der Waals surface area contributed by atoms with Crippen molar-refractivity contribution in [3.8, 4) is 0 Å². The molecule has 1 unspecified atom stereocenters. The van der Waals surface area contributed by atoms with Crippen molar-refractivity contribution in [3.05, 3.63) is 11.9 Å². The maximum Gasteiger partial charge on any atom is 0.272 e. The third kappa shape index (κ3) is 3.04. The smallest absolute Gasteiger partial charge is 0.272 e. The van der Waals surface area contributed by atoms with E-state index in [-0.39, 0.29) is 12.5 Å². The van der Waals surface area contributed by atoms with E-state index in [1.807, 2.05) is 6.92 Å². The largest absolute Gasteiger partial charge is 0.388 e. The average Bonchev–Trinajstić information content (AvgIpc) is 2.67. The number of carbonyl (C=O) groups is 1. The zero-order chi connectivity index (χ0) is 10.6. The molecule has 1 atom stereocenters. The van der Waals surface area contributed by atoms with Crippen molar-refractivity contribution in [2.45, 2.75) is 25.9 Å². The number of rotatable bonds is 4. The highest BCUT2D eigenvalue weighted by atomic mass is 32.1. The second-order valence-electron chi connectivity index (χ2n) is 3.33. The van der Waals surface area contributed by atoms with E-state index in [1.54, 1.807) is 6.92 Å². The first-order valence-electron chi connectivity index (χ1n) is 4.33. The molecule has 1 aromatic heterocycles. The molecule has 0 saturated carbocycles. The van der Waals surface area contributed by atoms with Gasteiger partial charge in [-0.2, -0.15) is 8.75 Å². The van der Waals surface area contributed by atoms with Crippen LogP contribution in [-0.4, -0.2) is 31.9 Å². The Morgan fingerprint density at radius 2 is 2.50 bits per heavy atom. The lowest BCUT2D eigenvalue weighted by molar-refractivity contribution is 0.0517. The number of aromatic nitrogens is 2. The summed E-state index contributed by atoms with van der Waals surface area (Å²) in [5, 5.41) is 12.2. The number of hydrogen-bond donors (Lipinski definition) is 2. The molecule has 6 heteroatoms. The fourth-order valence-electron chi connectivity index (χ4n) is 0.751. The molecule has 0 aliphatic rings. The quantitative estimate of drug-likeness (QED) is 0.763. The van der Waals surface area contributed by atoms with Crippen molar-refractivity contribution in [2.75, 3.05) is 6.54 Å². The van der Waals surface area contributed by atoms with Gasteiger partial charge in [0.05, 0.1) is 23.5 Å². The molecule has 0 saturated heterocycles. The van der Waals surface area contributed by atoms with Crippen molar-refractivity contribution >= 4 is 17.6 Å². The summed E-state index contributed by atoms with van der Waals surface area (Å²) < 4.78 is 7.49. The van der Waals surface area contributed by atoms with Gasteiger partial charge in [-0.25, -0.2) is 0 Å². The summed E-state index contributed by atoms with van der Waals surface area (Å²) in [6.45, 7) is 3.75. The van der Waals surface area contributed by atoms with Crippen LogP contribution in [0, 0.1) is 0 Å². The molecular weight excluding hydrogens is 202 g/mol. The van der Waals surface area contributed by atoms with Gasteiger partial charge >= 0.3 is 0 Å². The molecule has 1 amide bonds. The molecule has 0 aliphatic carbocycles. The number of aliphatic hydroxyl groups is 1. The fraction of sp³-hybridized carbons (Fsp3) is 0.625. The van der Waals surface area contributed by atoms with E-state index >= 15 is 0 Å². The minimum absolute atomic E-state index is 0.222. The molecule has 5 nitrogen and oxygen atoms in total. The third-order valence-corrected chi connectivity index (χ3v) is 2.46. The molecule has 1 rings (SSSR count). The van der Waals surface area contributed by atoms with Crippen LogP contribution in [0.1, 0.15) is 30.8 Å². The second kappa shape index (κ2) is 4.47. The van der Waals surface area contributed by atoms with Crippen LogP contribution in [-0.2, 0) is 0 Å². The Bertz CT molecular complexity index is 298. The van der Waals surface area contributed by atoms with Crippen molar-refractivity contribution in [3.63, 3.8) is 0 Å². The fourth-order valence-corrected chi connectivity index (χ4v) is 1.16. The lowest BCUT2D eigenvalue weighted by Gasteiger charge is -2.20. The Labute approximate surface area is 86.5 Å². The molecule has 0 aromatic carbocycles. The lowest BCUT2D eigenvalue weighted by atomic mass is 10.0. The van der Waals surface area contributed by atoms with Gasteiger partial charge in [0.15, 0.2) is 5.69 Å². The highest BCUT2D eigenvalue weighted by molar-refractivity contribution is 6.99. The Kier molecular flexibility index (Phi) is 3.54. The first kappa shape index (κ1) is 11.1. The first-order chi connectivity index (χ1) is 6.55. The Morgan fingerprint density at radius 3 is 3.00 bits per heavy atom. The Balaban J connectivity index is 2.43. The standard InChI is InChI=1S/C8H13N3O2S/c1-3-8(2,13)5-9-7(12)6-4-10-14-11-6/h4,13H,3,5H2,1-2H3,(H,9,12). The van der Waals surface area contributed by atoms with Crippen LogP contribution in [0.3, 0.4) is 0 Å². The van der Waals surface area contributed by atoms with E-state index in [4.69, 9.17) is 0 Å². The molecule has 0 aliphatic heterocycles. The van der Waals surface area contributed by atoms with Crippen LogP contribution >= 0.6 is 11.7 Å². The first-order valence-corrected chi connectivity index (χ1v) is 5.06. The average molecular weight is 215 g/mol. The number of amides is 1. The molecule has 0 bridgehead atoms. The summed E-state index contributed by atoms with van der Waals surface area (Å²) in [6, 6.07) is 0. The number of carbonyl (C=O) groups excluding carboxylic acids is 1. The number of nitrogens with zero attached hydrogens (tertiary/aromatic N) is 2. The molecule has 14 heavy (non-hydrogen) atoms. The summed E-state index contributed by atoms with van der Waals surface area (Å²) in [7, 11) is 0. The maximum absolute atomic E-state index is 11.4. The second-order valence-corrected chi connectivity index (χ2v) is 3.88. The van der Waals surface area contributed by atoms with Gasteiger partial charge in [0.1, 0.15) is 0 Å². The monoisotopic (exact) mass is 215 g/mol. The van der Waals surface area contributed by atoms with Gasteiger partial charge in [0, 0.05) is 6.54 Å². The zero-order valence-corrected chi connectivity index (χ0v) is 8.97. The van der Waals surface area contributed by atoms with Gasteiger partial charge < -0.3 is 10.4 Å². The summed E-state index contributed by atoms with van der Waals surface area (Å²) in [5.41, 5.74) is -0.569. The minimum atomic E-state index is -0.862. The Morgan fingerprint density at radius 1 is 1.79 bits per heavy atom. The molecule has 0 radical (unpaired) electrons. The van der Waals surface area contributed by atoms with Gasteiger partial charge in [0.25, 0.3) is 5.91 Å². The molecular formula is C8H13N3O2S. The van der Waals surface area contributed by atoms with Gasteiger partial charge in [-0.3, -0.25) is 4.79 Å². The van der Waals surface area contributed by atoms with E-state index in [0.29, 0.717) is 12.1 Å². The van der Waals surface area contributed by atoms with Crippen LogP contribution in [0.15, 0.2) is 6.20 Å². The molecule has 78 valence electrons.